The number of nitro groups is 1. The molecule has 9 nitrogen and oxygen atoms in total. The molecule has 0 atom stereocenters. The molecule has 9 heteroatoms. The van der Waals surface area contributed by atoms with Gasteiger partial charge in [-0.25, -0.2) is 4.98 Å². The summed E-state index contributed by atoms with van der Waals surface area (Å²) in [4.78, 5) is 27.6. The highest BCUT2D eigenvalue weighted by Gasteiger charge is 2.17. The van der Waals surface area contributed by atoms with Gasteiger partial charge in [-0.05, 0) is 73.5 Å². The third-order valence-corrected chi connectivity index (χ3v) is 5.50. The summed E-state index contributed by atoms with van der Waals surface area (Å²) in [6.45, 7) is 3.89. The number of amides is 1. The van der Waals surface area contributed by atoms with E-state index in [1.807, 2.05) is 26.0 Å². The molecule has 0 aliphatic carbocycles. The maximum Gasteiger partial charge on any atom is 0.291 e. The molecule has 0 spiro atoms. The number of carbonyl (C=O) groups is 1. The lowest BCUT2D eigenvalue weighted by Gasteiger charge is -2.06. The van der Waals surface area contributed by atoms with E-state index >= 15 is 0 Å². The summed E-state index contributed by atoms with van der Waals surface area (Å²) >= 11 is 0. The molecule has 0 fully saturated rings. The Morgan fingerprint density at radius 3 is 2.51 bits per heavy atom. The van der Waals surface area contributed by atoms with Crippen LogP contribution in [0.1, 0.15) is 21.7 Å². The minimum Gasteiger partial charge on any atom is -0.507 e. The van der Waals surface area contributed by atoms with Crippen LogP contribution in [0.15, 0.2) is 75.6 Å². The average molecular weight is 469 g/mol. The minimum absolute atomic E-state index is 0.0364. The monoisotopic (exact) mass is 469 g/mol. The number of aromatic nitrogens is 1. The number of hydrogen-bond acceptors (Lipinski definition) is 7. The fourth-order valence-corrected chi connectivity index (χ4v) is 3.83. The lowest BCUT2D eigenvalue weighted by molar-refractivity contribution is -0.384. The molecule has 0 aliphatic heterocycles. The van der Waals surface area contributed by atoms with Crippen molar-refractivity contribution < 1.29 is 23.7 Å². The van der Waals surface area contributed by atoms with Crippen LogP contribution in [0.5, 0.6) is 5.75 Å². The Bertz CT molecular complexity index is 1600. The number of phenolic OH excluding ortho intramolecular Hbond substituents is 1. The third kappa shape index (κ3) is 4.22. The first-order valence-corrected chi connectivity index (χ1v) is 10.7. The minimum atomic E-state index is -0.501. The molecule has 3 aromatic carbocycles. The van der Waals surface area contributed by atoms with Gasteiger partial charge in [-0.2, -0.15) is 0 Å². The predicted octanol–water partition coefficient (Wildman–Crippen LogP) is 6.24. The molecule has 0 radical (unpaired) electrons. The van der Waals surface area contributed by atoms with Gasteiger partial charge in [-0.1, -0.05) is 6.07 Å². The van der Waals surface area contributed by atoms with Gasteiger partial charge in [0.1, 0.15) is 17.0 Å². The third-order valence-electron chi connectivity index (χ3n) is 5.50. The van der Waals surface area contributed by atoms with E-state index in [1.54, 1.807) is 30.3 Å². The van der Waals surface area contributed by atoms with Crippen LogP contribution in [0.2, 0.25) is 0 Å². The summed E-state index contributed by atoms with van der Waals surface area (Å²) in [5.41, 5.74) is 4.60. The molecule has 2 N–H and O–H groups in total. The first-order valence-electron chi connectivity index (χ1n) is 10.7. The molecule has 174 valence electrons. The predicted molar refractivity (Wildman–Crippen MR) is 129 cm³/mol. The van der Waals surface area contributed by atoms with Crippen molar-refractivity contribution in [3.05, 3.63) is 93.7 Å². The Balaban J connectivity index is 1.39. The molecular formula is C26H19N3O6. The van der Waals surface area contributed by atoms with Gasteiger partial charge in [0.2, 0.25) is 5.89 Å². The fourth-order valence-electron chi connectivity index (χ4n) is 3.83. The van der Waals surface area contributed by atoms with E-state index in [-0.39, 0.29) is 23.1 Å². The topological polar surface area (TPSA) is 132 Å². The van der Waals surface area contributed by atoms with Gasteiger partial charge in [0.25, 0.3) is 11.6 Å². The molecule has 0 saturated heterocycles. The van der Waals surface area contributed by atoms with Gasteiger partial charge in [-0.15, -0.1) is 0 Å². The van der Waals surface area contributed by atoms with E-state index in [9.17, 15) is 20.0 Å². The van der Waals surface area contributed by atoms with E-state index in [0.29, 0.717) is 33.7 Å². The fraction of sp³-hybridized carbons (Fsp3) is 0.0769. The number of aryl methyl sites for hydroxylation is 2. The van der Waals surface area contributed by atoms with Crippen molar-refractivity contribution in [2.24, 2.45) is 0 Å². The number of hydrogen-bond donors (Lipinski definition) is 2. The molecule has 1 amide bonds. The summed E-state index contributed by atoms with van der Waals surface area (Å²) < 4.78 is 11.5. The van der Waals surface area contributed by atoms with E-state index < -0.39 is 10.8 Å². The van der Waals surface area contributed by atoms with Crippen LogP contribution in [-0.2, 0) is 0 Å². The van der Waals surface area contributed by atoms with Crippen molar-refractivity contribution in [2.75, 3.05) is 5.32 Å². The first-order chi connectivity index (χ1) is 16.8. The molecule has 2 aromatic heterocycles. The molecule has 0 aliphatic rings. The van der Waals surface area contributed by atoms with Crippen molar-refractivity contribution in [2.45, 2.75) is 13.8 Å². The first kappa shape index (κ1) is 21.9. The van der Waals surface area contributed by atoms with Gasteiger partial charge < -0.3 is 19.3 Å². The van der Waals surface area contributed by atoms with E-state index in [2.05, 4.69) is 10.3 Å². The molecular weight excluding hydrogens is 450 g/mol. The van der Waals surface area contributed by atoms with Gasteiger partial charge in [-0.3, -0.25) is 14.9 Å². The SMILES string of the molecule is Cc1cc(C)c2oc(-c3cc(NC(=O)c4ccc(-c5ccc([N+](=O)[O-])cc5)o4)ccc3O)nc2c1. The maximum atomic E-state index is 12.8. The Kier molecular flexibility index (Phi) is 5.29. The van der Waals surface area contributed by atoms with Crippen LogP contribution >= 0.6 is 0 Å². The molecule has 0 saturated carbocycles. The van der Waals surface area contributed by atoms with Crippen molar-refractivity contribution in [3.8, 4) is 28.5 Å². The van der Waals surface area contributed by atoms with Crippen molar-refractivity contribution in [3.63, 3.8) is 0 Å². The summed E-state index contributed by atoms with van der Waals surface area (Å²) in [6, 6.07) is 17.4. The molecule has 5 aromatic rings. The number of aromatic hydroxyl groups is 1. The van der Waals surface area contributed by atoms with Crippen LogP contribution in [0, 0.1) is 24.0 Å². The van der Waals surface area contributed by atoms with Gasteiger partial charge in [0.05, 0.1) is 10.5 Å². The Morgan fingerprint density at radius 2 is 1.77 bits per heavy atom. The van der Waals surface area contributed by atoms with Crippen molar-refractivity contribution in [1.29, 1.82) is 0 Å². The number of anilines is 1. The van der Waals surface area contributed by atoms with Gasteiger partial charge >= 0.3 is 0 Å². The Morgan fingerprint density at radius 1 is 1.00 bits per heavy atom. The molecule has 35 heavy (non-hydrogen) atoms. The number of nitrogens with one attached hydrogen (secondary N) is 1. The molecule has 5 rings (SSSR count). The van der Waals surface area contributed by atoms with Crippen molar-refractivity contribution >= 4 is 28.4 Å². The molecule has 2 heterocycles. The van der Waals surface area contributed by atoms with Gasteiger partial charge in [0.15, 0.2) is 11.3 Å². The standard InChI is InChI=1S/C26H19N3O6/c1-14-11-15(2)24-20(12-14)28-26(35-24)19-13-17(5-8-21(19)30)27-25(31)23-10-9-22(34-23)16-3-6-18(7-4-16)29(32)33/h3-13,30H,1-2H3,(H,27,31). The Hall–Kier alpha value is -4.92. The van der Waals surface area contributed by atoms with Crippen LogP contribution in [0.3, 0.4) is 0 Å². The quantitative estimate of drug-likeness (QED) is 0.177. The number of nitrogens with zero attached hydrogens (tertiary/aromatic N) is 2. The highest BCUT2D eigenvalue weighted by molar-refractivity contribution is 6.03. The second-order valence-electron chi connectivity index (χ2n) is 8.10. The number of benzene rings is 3. The van der Waals surface area contributed by atoms with Gasteiger partial charge in [0, 0.05) is 23.4 Å². The molecule has 0 unspecified atom stereocenters. The second-order valence-corrected chi connectivity index (χ2v) is 8.10. The van der Waals surface area contributed by atoms with E-state index in [0.717, 1.165) is 11.1 Å². The zero-order valence-corrected chi connectivity index (χ0v) is 18.7. The second kappa shape index (κ2) is 8.45. The van der Waals surface area contributed by atoms with E-state index in [4.69, 9.17) is 8.83 Å². The number of nitro benzene ring substituents is 1. The van der Waals surface area contributed by atoms with E-state index in [1.165, 1.54) is 24.3 Å². The highest BCUT2D eigenvalue weighted by atomic mass is 16.6. The summed E-state index contributed by atoms with van der Waals surface area (Å²) in [7, 11) is 0. The number of phenols is 1. The summed E-state index contributed by atoms with van der Waals surface area (Å²) in [5, 5.41) is 24.0. The number of furan rings is 1. The average Bonchev–Trinajstić information content (AvgIpc) is 3.48. The Labute approximate surface area is 198 Å². The number of carbonyl (C=O) groups excluding carboxylic acids is 1. The number of oxazole rings is 1. The zero-order chi connectivity index (χ0) is 24.7. The smallest absolute Gasteiger partial charge is 0.291 e. The number of non-ortho nitro benzene ring substituents is 1. The normalized spacial score (nSPS) is 11.0. The lowest BCUT2D eigenvalue weighted by atomic mass is 10.1. The molecule has 0 bridgehead atoms. The van der Waals surface area contributed by atoms with Crippen LogP contribution in [-0.4, -0.2) is 20.9 Å². The van der Waals surface area contributed by atoms with Crippen LogP contribution in [0.25, 0.3) is 33.9 Å². The zero-order valence-electron chi connectivity index (χ0n) is 18.7. The highest BCUT2D eigenvalue weighted by Crippen LogP contribution is 2.34. The van der Waals surface area contributed by atoms with Crippen LogP contribution in [0.4, 0.5) is 11.4 Å². The summed E-state index contributed by atoms with van der Waals surface area (Å²) in [5.74, 6) is 0.150. The maximum absolute atomic E-state index is 12.8. The largest absolute Gasteiger partial charge is 0.507 e. The number of fused-ring (bicyclic) bond motifs is 1. The summed E-state index contributed by atoms with van der Waals surface area (Å²) in [6.07, 6.45) is 0. The van der Waals surface area contributed by atoms with Crippen LogP contribution < -0.4 is 5.32 Å². The van der Waals surface area contributed by atoms with Crippen molar-refractivity contribution in [1.82, 2.24) is 4.98 Å². The number of rotatable bonds is 5. The lowest BCUT2D eigenvalue weighted by Crippen LogP contribution is -2.10.